The molecule has 1 aliphatic rings. The number of thioether (sulfide) groups is 1. The van der Waals surface area contributed by atoms with Crippen LogP contribution in [-0.4, -0.2) is 34.8 Å². The van der Waals surface area contributed by atoms with Gasteiger partial charge in [0.05, 0.1) is 0 Å². The van der Waals surface area contributed by atoms with Crippen molar-refractivity contribution in [1.82, 2.24) is 0 Å². The lowest BCUT2D eigenvalue weighted by Gasteiger charge is -2.14. The van der Waals surface area contributed by atoms with Crippen molar-refractivity contribution in [2.75, 3.05) is 11.5 Å². The minimum Gasteiger partial charge on any atom is -0.459 e. The second kappa shape index (κ2) is 5.50. The van der Waals surface area contributed by atoms with Gasteiger partial charge in [0.15, 0.2) is 0 Å². The predicted molar refractivity (Wildman–Crippen MR) is 52.7 cm³/mol. The van der Waals surface area contributed by atoms with Crippen molar-refractivity contribution in [2.45, 2.75) is 38.4 Å². The van der Waals surface area contributed by atoms with Gasteiger partial charge in [-0.15, -0.1) is 0 Å². The van der Waals surface area contributed by atoms with Crippen LogP contribution < -0.4 is 0 Å². The molecule has 0 aliphatic carbocycles. The van der Waals surface area contributed by atoms with E-state index in [0.29, 0.717) is 12.2 Å². The van der Waals surface area contributed by atoms with E-state index in [0.717, 1.165) is 18.6 Å². The summed E-state index contributed by atoms with van der Waals surface area (Å²) in [5.41, 5.74) is 0. The van der Waals surface area contributed by atoms with E-state index in [2.05, 4.69) is 0 Å². The van der Waals surface area contributed by atoms with Gasteiger partial charge in [0.2, 0.25) is 0 Å². The number of esters is 1. The summed E-state index contributed by atoms with van der Waals surface area (Å²) in [6.07, 6.45) is 1.61. The van der Waals surface area contributed by atoms with Crippen LogP contribution in [0.3, 0.4) is 0 Å². The van der Waals surface area contributed by atoms with Gasteiger partial charge in [0.1, 0.15) is 12.2 Å². The Labute approximate surface area is 82.8 Å². The Balaban J connectivity index is 2.19. The molecule has 3 nitrogen and oxygen atoms in total. The lowest BCUT2D eigenvalue weighted by molar-refractivity contribution is -0.152. The normalized spacial score (nSPS) is 27.5. The minimum atomic E-state index is -0.462. The Bertz CT molecular complexity index is 172. The second-order valence-corrected chi connectivity index (χ2v) is 4.31. The Hall–Kier alpha value is -0.220. The molecular formula is C9H16O3S. The third-order valence-electron chi connectivity index (χ3n) is 2.02. The fraction of sp³-hybridized carbons (Fsp3) is 0.889. The number of unbranched alkanes of at least 4 members (excludes halogenated alkanes) is 1. The van der Waals surface area contributed by atoms with Gasteiger partial charge in [-0.1, -0.05) is 13.3 Å². The molecular weight excluding hydrogens is 188 g/mol. The monoisotopic (exact) mass is 204 g/mol. The quantitative estimate of drug-likeness (QED) is 0.699. The zero-order valence-corrected chi connectivity index (χ0v) is 8.68. The number of carbonyl (C=O) groups is 1. The molecule has 0 spiro atoms. The van der Waals surface area contributed by atoms with E-state index in [-0.39, 0.29) is 12.1 Å². The summed E-state index contributed by atoms with van der Waals surface area (Å²) in [6.45, 7) is 2.04. The first-order valence-electron chi connectivity index (χ1n) is 4.69. The van der Waals surface area contributed by atoms with Crippen LogP contribution in [-0.2, 0) is 9.53 Å². The first-order chi connectivity index (χ1) is 6.24. The number of aliphatic hydroxyl groups excluding tert-OH is 1. The minimum absolute atomic E-state index is 0.173. The molecule has 0 amide bonds. The topological polar surface area (TPSA) is 46.5 Å². The van der Waals surface area contributed by atoms with Crippen LogP contribution in [0.1, 0.15) is 26.2 Å². The van der Waals surface area contributed by atoms with Crippen molar-refractivity contribution < 1.29 is 14.6 Å². The Morgan fingerprint density at radius 3 is 2.92 bits per heavy atom. The van der Waals surface area contributed by atoms with Crippen molar-refractivity contribution >= 4 is 17.7 Å². The number of ether oxygens (including phenoxy) is 1. The highest BCUT2D eigenvalue weighted by Crippen LogP contribution is 2.21. The summed E-state index contributed by atoms with van der Waals surface area (Å²) in [6, 6.07) is 0. The van der Waals surface area contributed by atoms with E-state index in [1.807, 2.05) is 6.92 Å². The van der Waals surface area contributed by atoms with Gasteiger partial charge in [-0.3, -0.25) is 4.79 Å². The zero-order valence-electron chi connectivity index (χ0n) is 7.86. The molecule has 4 heteroatoms. The van der Waals surface area contributed by atoms with E-state index in [9.17, 15) is 9.90 Å². The molecule has 76 valence electrons. The maximum atomic E-state index is 11.2. The van der Waals surface area contributed by atoms with Gasteiger partial charge in [-0.2, -0.15) is 11.8 Å². The van der Waals surface area contributed by atoms with Crippen molar-refractivity contribution in [1.29, 1.82) is 0 Å². The summed E-state index contributed by atoms with van der Waals surface area (Å²) in [5.74, 6) is 1.25. The largest absolute Gasteiger partial charge is 0.459 e. The van der Waals surface area contributed by atoms with E-state index in [4.69, 9.17) is 4.74 Å². The molecule has 2 atom stereocenters. The lowest BCUT2D eigenvalue weighted by atomic mass is 10.2. The summed E-state index contributed by atoms with van der Waals surface area (Å²) >= 11 is 1.63. The molecule has 0 aromatic carbocycles. The van der Waals surface area contributed by atoms with Gasteiger partial charge < -0.3 is 9.84 Å². The van der Waals surface area contributed by atoms with Crippen LogP contribution >= 0.6 is 11.8 Å². The molecule has 1 N–H and O–H groups in total. The predicted octanol–water partition coefficient (Wildman–Crippen LogP) is 1.20. The number of aliphatic hydroxyl groups is 1. The van der Waals surface area contributed by atoms with Crippen molar-refractivity contribution in [3.05, 3.63) is 0 Å². The molecule has 0 radical (unpaired) electrons. The van der Waals surface area contributed by atoms with E-state index in [1.54, 1.807) is 11.8 Å². The summed E-state index contributed by atoms with van der Waals surface area (Å²) in [7, 11) is 0. The fourth-order valence-electron chi connectivity index (χ4n) is 1.18. The van der Waals surface area contributed by atoms with Crippen LogP contribution in [0.25, 0.3) is 0 Å². The molecule has 0 bridgehead atoms. The van der Waals surface area contributed by atoms with Gasteiger partial charge in [-0.25, -0.2) is 0 Å². The maximum Gasteiger partial charge on any atom is 0.306 e. The molecule has 13 heavy (non-hydrogen) atoms. The molecule has 1 heterocycles. The van der Waals surface area contributed by atoms with Crippen molar-refractivity contribution in [3.63, 3.8) is 0 Å². The molecule has 1 rings (SSSR count). The summed E-state index contributed by atoms with van der Waals surface area (Å²) < 4.78 is 5.12. The average molecular weight is 204 g/mol. The standard InChI is InChI=1S/C9H16O3S/c1-2-3-4-9(11)12-8-6-13-5-7(8)10/h7-8,10H,2-6H2,1H3. The van der Waals surface area contributed by atoms with Crippen LogP contribution in [0, 0.1) is 0 Å². The number of hydrogen-bond acceptors (Lipinski definition) is 4. The number of carbonyl (C=O) groups excluding carboxylic acids is 1. The molecule has 1 aliphatic heterocycles. The molecule has 1 saturated heterocycles. The Kier molecular flexibility index (Phi) is 4.59. The summed E-state index contributed by atoms with van der Waals surface area (Å²) in [4.78, 5) is 11.2. The molecule has 1 fully saturated rings. The van der Waals surface area contributed by atoms with Crippen LogP contribution in [0.5, 0.6) is 0 Å². The highest BCUT2D eigenvalue weighted by molar-refractivity contribution is 7.99. The first kappa shape index (κ1) is 10.9. The van der Waals surface area contributed by atoms with Gasteiger partial charge >= 0.3 is 5.97 Å². The second-order valence-electron chi connectivity index (χ2n) is 3.24. The third kappa shape index (κ3) is 3.56. The molecule has 2 unspecified atom stereocenters. The highest BCUT2D eigenvalue weighted by atomic mass is 32.2. The first-order valence-corrected chi connectivity index (χ1v) is 5.84. The van der Waals surface area contributed by atoms with Gasteiger partial charge in [-0.05, 0) is 6.42 Å². The van der Waals surface area contributed by atoms with Crippen LogP contribution in [0.4, 0.5) is 0 Å². The highest BCUT2D eigenvalue weighted by Gasteiger charge is 2.28. The third-order valence-corrected chi connectivity index (χ3v) is 3.16. The van der Waals surface area contributed by atoms with Crippen molar-refractivity contribution in [2.24, 2.45) is 0 Å². The van der Waals surface area contributed by atoms with Gasteiger partial charge in [0.25, 0.3) is 0 Å². The number of hydrogen-bond donors (Lipinski definition) is 1. The lowest BCUT2D eigenvalue weighted by Crippen LogP contribution is -2.29. The van der Waals surface area contributed by atoms with E-state index >= 15 is 0 Å². The maximum absolute atomic E-state index is 11.2. The van der Waals surface area contributed by atoms with E-state index in [1.165, 1.54) is 0 Å². The molecule has 0 aromatic rings. The molecule has 0 aromatic heterocycles. The van der Waals surface area contributed by atoms with Crippen LogP contribution in [0.2, 0.25) is 0 Å². The average Bonchev–Trinajstić information content (AvgIpc) is 2.48. The number of rotatable bonds is 4. The van der Waals surface area contributed by atoms with Crippen molar-refractivity contribution in [3.8, 4) is 0 Å². The Morgan fingerprint density at radius 2 is 2.38 bits per heavy atom. The van der Waals surface area contributed by atoms with Crippen LogP contribution in [0.15, 0.2) is 0 Å². The SMILES string of the molecule is CCCCC(=O)OC1CSCC1O. The zero-order chi connectivity index (χ0) is 9.68. The Morgan fingerprint density at radius 1 is 1.62 bits per heavy atom. The smallest absolute Gasteiger partial charge is 0.306 e. The van der Waals surface area contributed by atoms with Gasteiger partial charge in [0, 0.05) is 17.9 Å². The van der Waals surface area contributed by atoms with E-state index < -0.39 is 6.10 Å². The molecule has 0 saturated carbocycles. The fourth-order valence-corrected chi connectivity index (χ4v) is 2.30. The summed E-state index contributed by atoms with van der Waals surface area (Å²) in [5, 5.41) is 9.37.